The predicted octanol–water partition coefficient (Wildman–Crippen LogP) is 1.76. The van der Waals surface area contributed by atoms with E-state index in [2.05, 4.69) is 4.74 Å². The highest BCUT2D eigenvalue weighted by Crippen LogP contribution is 2.19. The summed E-state index contributed by atoms with van der Waals surface area (Å²) in [5.74, 6) is -6.13. The molecule has 0 spiro atoms. The molecule has 0 saturated carbocycles. The van der Waals surface area contributed by atoms with Crippen molar-refractivity contribution >= 4 is 17.6 Å². The van der Waals surface area contributed by atoms with Gasteiger partial charge in [-0.3, -0.25) is 4.79 Å². The third-order valence-electron chi connectivity index (χ3n) is 2.85. The minimum atomic E-state index is -1.69. The van der Waals surface area contributed by atoms with Crippen LogP contribution in [0.15, 0.2) is 12.1 Å². The lowest BCUT2D eigenvalue weighted by molar-refractivity contribution is -0.156. The molecule has 0 aromatic heterocycles. The van der Waals surface area contributed by atoms with E-state index in [0.717, 1.165) is 12.5 Å². The van der Waals surface area contributed by atoms with Gasteiger partial charge < -0.3 is 14.8 Å². The maximum atomic E-state index is 13.3. The Balaban J connectivity index is 1.87. The molecule has 5 nitrogen and oxygen atoms in total. The van der Waals surface area contributed by atoms with Crippen LogP contribution < -0.4 is 5.32 Å². The third kappa shape index (κ3) is 3.72. The number of nitrogens with one attached hydrogen (secondary N) is 1. The first-order chi connectivity index (χ1) is 9.99. The van der Waals surface area contributed by atoms with Crippen molar-refractivity contribution in [3.63, 3.8) is 0 Å². The monoisotopic (exact) mass is 303 g/mol. The van der Waals surface area contributed by atoms with Crippen molar-refractivity contribution in [1.29, 1.82) is 0 Å². The fourth-order valence-corrected chi connectivity index (χ4v) is 1.80. The van der Waals surface area contributed by atoms with Crippen LogP contribution in [0.3, 0.4) is 0 Å². The Bertz CT molecular complexity index is 559. The summed E-state index contributed by atoms with van der Waals surface area (Å²) in [4.78, 5) is 22.9. The molecule has 1 N–H and O–H groups in total. The highest BCUT2D eigenvalue weighted by Gasteiger charge is 2.25. The average Bonchev–Trinajstić information content (AvgIpc) is 3.00. The lowest BCUT2D eigenvalue weighted by Gasteiger charge is -2.10. The highest BCUT2D eigenvalue weighted by atomic mass is 19.2. The Morgan fingerprint density at radius 3 is 2.71 bits per heavy atom. The molecule has 0 radical (unpaired) electrons. The standard InChI is InChI=1S/C13H12F3NO4/c14-7-3-4-8(12(16)11(7)15)17-10(18)6-21-13(19)9-2-1-5-20-9/h3-4,9H,1-2,5-6H2,(H,17,18)/t9-/m1/s1. The summed E-state index contributed by atoms with van der Waals surface area (Å²) in [6, 6.07) is 1.54. The Morgan fingerprint density at radius 1 is 1.29 bits per heavy atom. The van der Waals surface area contributed by atoms with E-state index >= 15 is 0 Å². The lowest BCUT2D eigenvalue weighted by Crippen LogP contribution is -2.27. The second-order valence-corrected chi connectivity index (χ2v) is 4.38. The van der Waals surface area contributed by atoms with Gasteiger partial charge in [-0.15, -0.1) is 0 Å². The molecule has 1 aromatic rings. The van der Waals surface area contributed by atoms with Crippen molar-refractivity contribution in [3.8, 4) is 0 Å². The van der Waals surface area contributed by atoms with E-state index in [1.54, 1.807) is 0 Å². The summed E-state index contributed by atoms with van der Waals surface area (Å²) < 4.78 is 48.7. The zero-order chi connectivity index (χ0) is 15.4. The van der Waals surface area contributed by atoms with Crippen molar-refractivity contribution in [2.45, 2.75) is 18.9 Å². The Labute approximate surface area is 118 Å². The number of halogens is 3. The number of benzene rings is 1. The summed E-state index contributed by atoms with van der Waals surface area (Å²) >= 11 is 0. The van der Waals surface area contributed by atoms with E-state index in [9.17, 15) is 22.8 Å². The molecular formula is C13H12F3NO4. The minimum Gasteiger partial charge on any atom is -0.454 e. The van der Waals surface area contributed by atoms with Gasteiger partial charge in [-0.25, -0.2) is 18.0 Å². The summed E-state index contributed by atoms with van der Waals surface area (Å²) in [7, 11) is 0. The van der Waals surface area contributed by atoms with Gasteiger partial charge in [0.2, 0.25) is 0 Å². The topological polar surface area (TPSA) is 64.6 Å². The molecule has 0 bridgehead atoms. The van der Waals surface area contributed by atoms with E-state index < -0.39 is 47.7 Å². The molecule has 21 heavy (non-hydrogen) atoms. The van der Waals surface area contributed by atoms with Gasteiger partial charge in [-0.2, -0.15) is 0 Å². The number of anilines is 1. The van der Waals surface area contributed by atoms with Crippen molar-refractivity contribution in [3.05, 3.63) is 29.6 Å². The molecule has 1 atom stereocenters. The number of carbonyl (C=O) groups excluding carboxylic acids is 2. The van der Waals surface area contributed by atoms with Gasteiger partial charge in [0.25, 0.3) is 5.91 Å². The van der Waals surface area contributed by atoms with Crippen LogP contribution in [0.4, 0.5) is 18.9 Å². The summed E-state index contributed by atoms with van der Waals surface area (Å²) in [5, 5.41) is 1.99. The summed E-state index contributed by atoms with van der Waals surface area (Å²) in [6.45, 7) is -0.219. The summed E-state index contributed by atoms with van der Waals surface area (Å²) in [6.07, 6.45) is 0.544. The fourth-order valence-electron chi connectivity index (χ4n) is 1.80. The molecule has 0 unspecified atom stereocenters. The molecular weight excluding hydrogens is 291 g/mol. The SMILES string of the molecule is O=C(COC(=O)[C@H]1CCCO1)Nc1ccc(F)c(F)c1F. The van der Waals surface area contributed by atoms with E-state index in [-0.39, 0.29) is 0 Å². The molecule has 1 aliphatic rings. The third-order valence-corrected chi connectivity index (χ3v) is 2.85. The smallest absolute Gasteiger partial charge is 0.335 e. The van der Waals surface area contributed by atoms with Crippen LogP contribution in [0.1, 0.15) is 12.8 Å². The summed E-state index contributed by atoms with van der Waals surface area (Å²) in [5.41, 5.74) is -0.535. The quantitative estimate of drug-likeness (QED) is 0.680. The maximum Gasteiger partial charge on any atom is 0.335 e. The number of hydrogen-bond acceptors (Lipinski definition) is 4. The molecule has 1 aromatic carbocycles. The van der Waals surface area contributed by atoms with Crippen LogP contribution in [0.25, 0.3) is 0 Å². The van der Waals surface area contributed by atoms with Crippen molar-refractivity contribution in [1.82, 2.24) is 0 Å². The first-order valence-electron chi connectivity index (χ1n) is 6.20. The van der Waals surface area contributed by atoms with Gasteiger partial charge in [0, 0.05) is 6.61 Å². The van der Waals surface area contributed by atoms with Crippen LogP contribution in [0.2, 0.25) is 0 Å². The second kappa shape index (κ2) is 6.57. The normalized spacial score (nSPS) is 17.6. The predicted molar refractivity (Wildman–Crippen MR) is 64.9 cm³/mol. The van der Waals surface area contributed by atoms with Crippen LogP contribution >= 0.6 is 0 Å². The molecule has 1 amide bonds. The zero-order valence-electron chi connectivity index (χ0n) is 10.8. The number of carbonyl (C=O) groups is 2. The Morgan fingerprint density at radius 2 is 2.05 bits per heavy atom. The largest absolute Gasteiger partial charge is 0.454 e. The van der Waals surface area contributed by atoms with Crippen LogP contribution in [0, 0.1) is 17.5 Å². The molecule has 1 heterocycles. The van der Waals surface area contributed by atoms with Crippen molar-refractivity contribution < 1.29 is 32.2 Å². The molecule has 1 aliphatic heterocycles. The van der Waals surface area contributed by atoms with Crippen molar-refractivity contribution in [2.24, 2.45) is 0 Å². The highest BCUT2D eigenvalue weighted by molar-refractivity contribution is 5.93. The fraction of sp³-hybridized carbons (Fsp3) is 0.385. The number of rotatable bonds is 4. The van der Waals surface area contributed by atoms with Crippen LogP contribution in [-0.2, 0) is 19.1 Å². The zero-order valence-corrected chi connectivity index (χ0v) is 10.8. The number of ether oxygens (including phenoxy) is 2. The van der Waals surface area contributed by atoms with Gasteiger partial charge >= 0.3 is 5.97 Å². The Kier molecular flexibility index (Phi) is 4.79. The van der Waals surface area contributed by atoms with Gasteiger partial charge in [-0.1, -0.05) is 0 Å². The van der Waals surface area contributed by atoms with E-state index in [1.807, 2.05) is 5.32 Å². The first kappa shape index (κ1) is 15.3. The lowest BCUT2D eigenvalue weighted by atomic mass is 10.2. The maximum absolute atomic E-state index is 13.3. The number of esters is 1. The van der Waals surface area contributed by atoms with Gasteiger partial charge in [0.15, 0.2) is 30.2 Å². The van der Waals surface area contributed by atoms with Crippen molar-refractivity contribution in [2.75, 3.05) is 18.5 Å². The molecule has 0 aliphatic carbocycles. The number of amides is 1. The van der Waals surface area contributed by atoms with E-state index in [0.29, 0.717) is 19.1 Å². The van der Waals surface area contributed by atoms with Crippen LogP contribution in [0.5, 0.6) is 0 Å². The van der Waals surface area contributed by atoms with E-state index in [1.165, 1.54) is 0 Å². The Hall–Kier alpha value is -2.09. The van der Waals surface area contributed by atoms with Gasteiger partial charge in [0.05, 0.1) is 5.69 Å². The van der Waals surface area contributed by atoms with E-state index in [4.69, 9.17) is 4.74 Å². The van der Waals surface area contributed by atoms with Gasteiger partial charge in [0.1, 0.15) is 0 Å². The molecule has 114 valence electrons. The second-order valence-electron chi connectivity index (χ2n) is 4.38. The molecule has 8 heteroatoms. The van der Waals surface area contributed by atoms with Gasteiger partial charge in [-0.05, 0) is 25.0 Å². The first-order valence-corrected chi connectivity index (χ1v) is 6.20. The van der Waals surface area contributed by atoms with Crippen LogP contribution in [-0.4, -0.2) is 31.2 Å². The average molecular weight is 303 g/mol. The minimum absolute atomic E-state index is 0.450. The molecule has 2 rings (SSSR count). The number of hydrogen-bond donors (Lipinski definition) is 1. The molecule has 1 fully saturated rings. The molecule has 1 saturated heterocycles.